The Morgan fingerprint density at radius 3 is 2.58 bits per heavy atom. The van der Waals surface area contributed by atoms with Crippen molar-refractivity contribution in [1.82, 2.24) is 4.90 Å². The highest BCUT2D eigenvalue weighted by Gasteiger charge is 2.22. The van der Waals surface area contributed by atoms with Gasteiger partial charge in [-0.1, -0.05) is 18.2 Å². The van der Waals surface area contributed by atoms with E-state index >= 15 is 0 Å². The first-order chi connectivity index (χ1) is 15.0. The summed E-state index contributed by atoms with van der Waals surface area (Å²) in [5.41, 5.74) is 8.18. The lowest BCUT2D eigenvalue weighted by atomic mass is 9.90. The van der Waals surface area contributed by atoms with Gasteiger partial charge in [0.1, 0.15) is 5.82 Å². The van der Waals surface area contributed by atoms with Crippen molar-refractivity contribution in [3.63, 3.8) is 0 Å². The Labute approximate surface area is 183 Å². The van der Waals surface area contributed by atoms with Gasteiger partial charge in [0, 0.05) is 12.1 Å². The SMILES string of the molecule is COc1ccc(C2CCCN(CCCC(=Cc3ccc(F)cc3)C(N)=O)C2)cc1OC. The van der Waals surface area contributed by atoms with Crippen LogP contribution in [0.25, 0.3) is 6.08 Å². The summed E-state index contributed by atoms with van der Waals surface area (Å²) in [6.45, 7) is 2.93. The quantitative estimate of drug-likeness (QED) is 0.605. The first-order valence-electron chi connectivity index (χ1n) is 10.7. The van der Waals surface area contributed by atoms with Gasteiger partial charge in [-0.15, -0.1) is 0 Å². The van der Waals surface area contributed by atoms with E-state index < -0.39 is 5.91 Å². The highest BCUT2D eigenvalue weighted by atomic mass is 19.1. The third-order valence-electron chi connectivity index (χ3n) is 5.83. The second kappa shape index (κ2) is 11.0. The van der Waals surface area contributed by atoms with Gasteiger partial charge in [0.25, 0.3) is 0 Å². The van der Waals surface area contributed by atoms with E-state index in [0.717, 1.165) is 56.0 Å². The van der Waals surface area contributed by atoms with Crippen LogP contribution in [0.1, 0.15) is 42.7 Å². The Bertz CT molecular complexity index is 911. The van der Waals surface area contributed by atoms with Crippen LogP contribution >= 0.6 is 0 Å². The van der Waals surface area contributed by atoms with Gasteiger partial charge in [0.2, 0.25) is 5.91 Å². The zero-order chi connectivity index (χ0) is 22.2. The fraction of sp³-hybridized carbons (Fsp3) is 0.400. The molecule has 5 nitrogen and oxygen atoms in total. The number of halogens is 1. The number of ether oxygens (including phenoxy) is 2. The lowest BCUT2D eigenvalue weighted by Crippen LogP contribution is -2.35. The highest BCUT2D eigenvalue weighted by Crippen LogP contribution is 2.34. The number of piperidine rings is 1. The maximum atomic E-state index is 13.1. The summed E-state index contributed by atoms with van der Waals surface area (Å²) in [7, 11) is 3.30. The third kappa shape index (κ3) is 6.31. The van der Waals surface area contributed by atoms with Crippen LogP contribution in [-0.4, -0.2) is 44.7 Å². The molecule has 2 N–H and O–H groups in total. The number of likely N-dealkylation sites (tertiary alicyclic amines) is 1. The summed E-state index contributed by atoms with van der Waals surface area (Å²) in [6, 6.07) is 12.2. The summed E-state index contributed by atoms with van der Waals surface area (Å²) in [5, 5.41) is 0. The summed E-state index contributed by atoms with van der Waals surface area (Å²) in [5.74, 6) is 1.22. The van der Waals surface area contributed by atoms with Crippen molar-refractivity contribution in [2.75, 3.05) is 33.9 Å². The molecule has 1 amide bonds. The van der Waals surface area contributed by atoms with Crippen LogP contribution in [0.5, 0.6) is 11.5 Å². The smallest absolute Gasteiger partial charge is 0.244 e. The van der Waals surface area contributed by atoms with E-state index in [1.165, 1.54) is 17.7 Å². The number of carbonyl (C=O) groups excluding carboxylic acids is 1. The standard InChI is InChI=1S/C25H31FN2O3/c1-30-23-12-9-19(16-24(23)31-2)21-6-4-14-28(17-21)13-3-5-20(25(27)29)15-18-7-10-22(26)11-8-18/h7-12,15-16,21H,3-6,13-14,17H2,1-2H3,(H2,27,29). The normalized spacial score (nSPS) is 17.4. The van der Waals surface area contributed by atoms with Crippen molar-refractivity contribution in [2.24, 2.45) is 5.73 Å². The number of nitrogens with zero attached hydrogens (tertiary/aromatic N) is 1. The maximum Gasteiger partial charge on any atom is 0.244 e. The number of benzene rings is 2. The van der Waals surface area contributed by atoms with E-state index in [0.29, 0.717) is 17.9 Å². The van der Waals surface area contributed by atoms with E-state index in [4.69, 9.17) is 15.2 Å². The predicted octanol–water partition coefficient (Wildman–Crippen LogP) is 4.37. The first kappa shape index (κ1) is 22.8. The topological polar surface area (TPSA) is 64.8 Å². The van der Waals surface area contributed by atoms with Crippen LogP contribution in [0.2, 0.25) is 0 Å². The van der Waals surface area contributed by atoms with Crippen molar-refractivity contribution >= 4 is 12.0 Å². The molecular weight excluding hydrogens is 395 g/mol. The minimum Gasteiger partial charge on any atom is -0.493 e. The molecule has 3 rings (SSSR count). The number of primary amides is 1. The molecule has 1 fully saturated rings. The number of hydrogen-bond donors (Lipinski definition) is 1. The first-order valence-corrected chi connectivity index (χ1v) is 10.7. The number of methoxy groups -OCH3 is 2. The molecule has 0 saturated carbocycles. The Morgan fingerprint density at radius 1 is 1.16 bits per heavy atom. The van der Waals surface area contributed by atoms with Crippen molar-refractivity contribution in [1.29, 1.82) is 0 Å². The Kier molecular flexibility index (Phi) is 8.06. The number of carbonyl (C=O) groups is 1. The second-order valence-corrected chi connectivity index (χ2v) is 7.94. The van der Waals surface area contributed by atoms with E-state index in [1.54, 1.807) is 32.4 Å². The predicted molar refractivity (Wildman–Crippen MR) is 121 cm³/mol. The zero-order valence-corrected chi connectivity index (χ0v) is 18.3. The molecule has 1 aliphatic rings. The van der Waals surface area contributed by atoms with Gasteiger partial charge in [-0.2, -0.15) is 0 Å². The van der Waals surface area contributed by atoms with Crippen LogP contribution in [0, 0.1) is 5.82 Å². The molecule has 0 bridgehead atoms. The average Bonchev–Trinajstić information content (AvgIpc) is 2.79. The molecule has 2 aromatic rings. The Balaban J connectivity index is 1.57. The monoisotopic (exact) mass is 426 g/mol. The number of rotatable bonds is 9. The molecule has 1 aliphatic heterocycles. The molecule has 0 aromatic heterocycles. The van der Waals surface area contributed by atoms with Gasteiger partial charge >= 0.3 is 0 Å². The van der Waals surface area contributed by atoms with E-state index in [-0.39, 0.29) is 5.82 Å². The van der Waals surface area contributed by atoms with Crippen LogP contribution in [0.15, 0.2) is 48.0 Å². The molecule has 1 saturated heterocycles. The minimum absolute atomic E-state index is 0.299. The van der Waals surface area contributed by atoms with E-state index in [1.807, 2.05) is 6.07 Å². The van der Waals surface area contributed by atoms with Gasteiger partial charge in [-0.25, -0.2) is 4.39 Å². The van der Waals surface area contributed by atoms with Gasteiger partial charge < -0.3 is 20.1 Å². The minimum atomic E-state index is -0.425. The van der Waals surface area contributed by atoms with Gasteiger partial charge in [-0.05, 0) is 86.2 Å². The fourth-order valence-corrected chi connectivity index (χ4v) is 4.16. The Morgan fingerprint density at radius 2 is 1.90 bits per heavy atom. The molecule has 1 atom stereocenters. The number of nitrogens with two attached hydrogens (primary N) is 1. The Hall–Kier alpha value is -2.86. The summed E-state index contributed by atoms with van der Waals surface area (Å²) in [6.07, 6.45) is 5.47. The van der Waals surface area contributed by atoms with E-state index in [9.17, 15) is 9.18 Å². The number of hydrogen-bond acceptors (Lipinski definition) is 4. The zero-order valence-electron chi connectivity index (χ0n) is 18.3. The maximum absolute atomic E-state index is 13.1. The summed E-state index contributed by atoms with van der Waals surface area (Å²) >= 11 is 0. The van der Waals surface area contributed by atoms with Crippen molar-refractivity contribution < 1.29 is 18.7 Å². The van der Waals surface area contributed by atoms with Crippen LogP contribution in [-0.2, 0) is 4.79 Å². The molecule has 2 aromatic carbocycles. The number of amides is 1. The average molecular weight is 427 g/mol. The molecule has 0 aliphatic carbocycles. The molecule has 166 valence electrons. The fourth-order valence-electron chi connectivity index (χ4n) is 4.16. The molecule has 31 heavy (non-hydrogen) atoms. The summed E-state index contributed by atoms with van der Waals surface area (Å²) in [4.78, 5) is 14.3. The third-order valence-corrected chi connectivity index (χ3v) is 5.83. The van der Waals surface area contributed by atoms with Crippen LogP contribution in [0.3, 0.4) is 0 Å². The van der Waals surface area contributed by atoms with Crippen LogP contribution in [0.4, 0.5) is 4.39 Å². The van der Waals surface area contributed by atoms with Gasteiger partial charge in [0.15, 0.2) is 11.5 Å². The molecule has 0 radical (unpaired) electrons. The van der Waals surface area contributed by atoms with Crippen LogP contribution < -0.4 is 15.2 Å². The van der Waals surface area contributed by atoms with Gasteiger partial charge in [0.05, 0.1) is 14.2 Å². The lowest BCUT2D eigenvalue weighted by molar-refractivity contribution is -0.114. The van der Waals surface area contributed by atoms with E-state index in [2.05, 4.69) is 17.0 Å². The van der Waals surface area contributed by atoms with Crippen molar-refractivity contribution in [2.45, 2.75) is 31.6 Å². The highest BCUT2D eigenvalue weighted by molar-refractivity contribution is 5.96. The largest absolute Gasteiger partial charge is 0.493 e. The molecule has 6 heteroatoms. The van der Waals surface area contributed by atoms with Crippen molar-refractivity contribution in [3.05, 3.63) is 65.0 Å². The summed E-state index contributed by atoms with van der Waals surface area (Å²) < 4.78 is 23.9. The molecule has 1 heterocycles. The molecule has 0 spiro atoms. The second-order valence-electron chi connectivity index (χ2n) is 7.94. The van der Waals surface area contributed by atoms with Crippen molar-refractivity contribution in [3.8, 4) is 11.5 Å². The molecule has 1 unspecified atom stereocenters. The molecular formula is C25H31FN2O3. The lowest BCUT2D eigenvalue weighted by Gasteiger charge is -2.33. The van der Waals surface area contributed by atoms with Gasteiger partial charge in [-0.3, -0.25) is 4.79 Å².